The monoisotopic (exact) mass is 448 g/mol. The molecule has 0 aliphatic carbocycles. The van der Waals surface area contributed by atoms with Crippen molar-refractivity contribution < 1.29 is 33.7 Å². The van der Waals surface area contributed by atoms with Crippen molar-refractivity contribution in [1.29, 1.82) is 0 Å². The molecule has 0 saturated carbocycles. The topological polar surface area (TPSA) is 99.1 Å². The van der Waals surface area contributed by atoms with E-state index in [9.17, 15) is 14.4 Å². The summed E-state index contributed by atoms with van der Waals surface area (Å²) >= 11 is 3.34. The second kappa shape index (κ2) is 9.70. The Morgan fingerprint density at radius 3 is 2.14 bits per heavy atom. The molecule has 0 unspecified atom stereocenters. The van der Waals surface area contributed by atoms with Gasteiger partial charge in [0.05, 0.1) is 19.8 Å². The Kier molecular flexibility index (Phi) is 7.34. The van der Waals surface area contributed by atoms with E-state index in [1.54, 1.807) is 30.3 Å². The SMILES string of the molecule is COC(=O)C(=Cc1cc(Br)ccc1OCc1ccc(C(=O)O)cc1)C(=O)OC. The Bertz CT molecular complexity index is 899. The van der Waals surface area contributed by atoms with Gasteiger partial charge >= 0.3 is 17.9 Å². The normalized spacial score (nSPS) is 9.96. The summed E-state index contributed by atoms with van der Waals surface area (Å²) in [5.74, 6) is -2.26. The summed E-state index contributed by atoms with van der Waals surface area (Å²) in [4.78, 5) is 34.7. The molecule has 2 aromatic rings. The van der Waals surface area contributed by atoms with Gasteiger partial charge in [-0.25, -0.2) is 14.4 Å². The largest absolute Gasteiger partial charge is 0.488 e. The van der Waals surface area contributed by atoms with Gasteiger partial charge in [0.25, 0.3) is 0 Å². The van der Waals surface area contributed by atoms with Gasteiger partial charge in [0.2, 0.25) is 0 Å². The standard InChI is InChI=1S/C20H17BrO7/c1-26-19(24)16(20(25)27-2)10-14-9-15(21)7-8-17(14)28-11-12-3-5-13(6-4-12)18(22)23/h3-10H,11H2,1-2H3,(H,22,23). The predicted octanol–water partition coefficient (Wildman–Crippen LogP) is 3.46. The van der Waals surface area contributed by atoms with E-state index in [1.807, 2.05) is 0 Å². The van der Waals surface area contributed by atoms with Crippen LogP contribution in [0.1, 0.15) is 21.5 Å². The summed E-state index contributed by atoms with van der Waals surface area (Å²) in [5.41, 5.74) is 1.11. The summed E-state index contributed by atoms with van der Waals surface area (Å²) in [6.07, 6.45) is 1.32. The first kappa shape index (κ1) is 21.2. The molecule has 1 N–H and O–H groups in total. The summed E-state index contributed by atoms with van der Waals surface area (Å²) < 4.78 is 15.8. The van der Waals surface area contributed by atoms with Crippen LogP contribution in [0.2, 0.25) is 0 Å². The molecule has 0 radical (unpaired) electrons. The third-order valence-electron chi connectivity index (χ3n) is 3.68. The van der Waals surface area contributed by atoms with Crippen LogP contribution in [0.5, 0.6) is 5.75 Å². The zero-order chi connectivity index (χ0) is 20.7. The lowest BCUT2D eigenvalue weighted by molar-refractivity contribution is -0.143. The second-order valence-corrected chi connectivity index (χ2v) is 6.43. The predicted molar refractivity (Wildman–Crippen MR) is 104 cm³/mol. The van der Waals surface area contributed by atoms with Crippen LogP contribution in [0.15, 0.2) is 52.5 Å². The number of halogens is 1. The minimum atomic E-state index is -1.01. The van der Waals surface area contributed by atoms with Gasteiger partial charge in [0.1, 0.15) is 17.9 Å². The molecule has 0 saturated heterocycles. The first-order valence-electron chi connectivity index (χ1n) is 7.98. The lowest BCUT2D eigenvalue weighted by atomic mass is 10.1. The minimum absolute atomic E-state index is 0.161. The zero-order valence-electron chi connectivity index (χ0n) is 15.1. The van der Waals surface area contributed by atoms with Crippen molar-refractivity contribution in [2.24, 2.45) is 0 Å². The van der Waals surface area contributed by atoms with E-state index in [4.69, 9.17) is 9.84 Å². The van der Waals surface area contributed by atoms with Crippen LogP contribution in [0.4, 0.5) is 0 Å². The zero-order valence-corrected chi connectivity index (χ0v) is 16.7. The summed E-state index contributed by atoms with van der Waals surface area (Å²) in [6, 6.07) is 11.4. The smallest absolute Gasteiger partial charge is 0.345 e. The Balaban J connectivity index is 2.30. The number of benzene rings is 2. The second-order valence-electron chi connectivity index (χ2n) is 5.51. The maximum atomic E-state index is 11.9. The van der Waals surface area contributed by atoms with Gasteiger partial charge in [-0.05, 0) is 42.0 Å². The third-order valence-corrected chi connectivity index (χ3v) is 4.17. The van der Waals surface area contributed by atoms with E-state index in [0.717, 1.165) is 19.8 Å². The van der Waals surface area contributed by atoms with Crippen molar-refractivity contribution in [3.63, 3.8) is 0 Å². The van der Waals surface area contributed by atoms with E-state index >= 15 is 0 Å². The molecule has 2 aromatic carbocycles. The van der Waals surface area contributed by atoms with E-state index in [2.05, 4.69) is 25.4 Å². The van der Waals surface area contributed by atoms with Crippen molar-refractivity contribution in [3.05, 3.63) is 69.2 Å². The highest BCUT2D eigenvalue weighted by Crippen LogP contribution is 2.27. The summed E-state index contributed by atoms with van der Waals surface area (Å²) in [7, 11) is 2.33. The first-order valence-corrected chi connectivity index (χ1v) is 8.78. The molecule has 0 spiro atoms. The van der Waals surface area contributed by atoms with Crippen LogP contribution in [-0.2, 0) is 25.7 Å². The molecule has 7 nitrogen and oxygen atoms in total. The molecule has 28 heavy (non-hydrogen) atoms. The number of aromatic carboxylic acids is 1. The van der Waals surface area contributed by atoms with Gasteiger partial charge in [-0.3, -0.25) is 0 Å². The lowest BCUT2D eigenvalue weighted by Crippen LogP contribution is -2.15. The van der Waals surface area contributed by atoms with Gasteiger partial charge in [-0.15, -0.1) is 0 Å². The van der Waals surface area contributed by atoms with Gasteiger partial charge in [-0.2, -0.15) is 0 Å². The number of carboxylic acids is 1. The molecule has 0 heterocycles. The number of methoxy groups -OCH3 is 2. The highest BCUT2D eigenvalue weighted by molar-refractivity contribution is 9.10. The maximum Gasteiger partial charge on any atom is 0.345 e. The van der Waals surface area contributed by atoms with Crippen molar-refractivity contribution >= 4 is 39.9 Å². The minimum Gasteiger partial charge on any atom is -0.488 e. The summed E-state index contributed by atoms with van der Waals surface area (Å²) in [5, 5.41) is 8.94. The summed E-state index contributed by atoms with van der Waals surface area (Å²) in [6.45, 7) is 0.161. The number of esters is 2. The average Bonchev–Trinajstić information content (AvgIpc) is 2.70. The Hall–Kier alpha value is -3.13. The highest BCUT2D eigenvalue weighted by atomic mass is 79.9. The fourth-order valence-corrected chi connectivity index (χ4v) is 2.62. The molecule has 8 heteroatoms. The molecule has 2 rings (SSSR count). The van der Waals surface area contributed by atoms with Gasteiger partial charge in [-0.1, -0.05) is 28.1 Å². The van der Waals surface area contributed by atoms with Gasteiger partial charge in [0.15, 0.2) is 0 Å². The van der Waals surface area contributed by atoms with Gasteiger partial charge in [0, 0.05) is 10.0 Å². The number of ether oxygens (including phenoxy) is 3. The van der Waals surface area contributed by atoms with Crippen LogP contribution < -0.4 is 4.74 Å². The molecule has 0 amide bonds. The molecule has 0 aliphatic rings. The van der Waals surface area contributed by atoms with Crippen molar-refractivity contribution in [1.82, 2.24) is 0 Å². The Morgan fingerprint density at radius 2 is 1.61 bits per heavy atom. The van der Waals surface area contributed by atoms with E-state index in [-0.39, 0.29) is 17.7 Å². The number of carbonyl (C=O) groups is 3. The van der Waals surface area contributed by atoms with E-state index in [0.29, 0.717) is 15.8 Å². The van der Waals surface area contributed by atoms with Crippen LogP contribution in [0.3, 0.4) is 0 Å². The molecule has 0 fully saturated rings. The fourth-order valence-electron chi connectivity index (χ4n) is 2.24. The van der Waals surface area contributed by atoms with E-state index in [1.165, 1.54) is 18.2 Å². The van der Waals surface area contributed by atoms with E-state index < -0.39 is 17.9 Å². The number of carboxylic acid groups (broad SMARTS) is 1. The van der Waals surface area contributed by atoms with Gasteiger partial charge < -0.3 is 19.3 Å². The lowest BCUT2D eigenvalue weighted by Gasteiger charge is -2.11. The van der Waals surface area contributed by atoms with Crippen molar-refractivity contribution in [3.8, 4) is 5.75 Å². The molecule has 0 bridgehead atoms. The number of rotatable bonds is 7. The number of carbonyl (C=O) groups excluding carboxylic acids is 2. The highest BCUT2D eigenvalue weighted by Gasteiger charge is 2.20. The Labute approximate surface area is 169 Å². The molecule has 0 atom stereocenters. The quantitative estimate of drug-likeness (QED) is 0.299. The van der Waals surface area contributed by atoms with Crippen LogP contribution in [-0.4, -0.2) is 37.2 Å². The first-order chi connectivity index (χ1) is 13.3. The van der Waals surface area contributed by atoms with Crippen molar-refractivity contribution in [2.45, 2.75) is 6.61 Å². The number of hydrogen-bond donors (Lipinski definition) is 1. The molecular weight excluding hydrogens is 432 g/mol. The molecule has 0 aromatic heterocycles. The molecule has 146 valence electrons. The fraction of sp³-hybridized carbons (Fsp3) is 0.150. The molecular formula is C20H17BrO7. The van der Waals surface area contributed by atoms with Crippen LogP contribution in [0, 0.1) is 0 Å². The average molecular weight is 449 g/mol. The maximum absolute atomic E-state index is 11.9. The van der Waals surface area contributed by atoms with Crippen LogP contribution in [0.25, 0.3) is 6.08 Å². The Morgan fingerprint density at radius 1 is 1.00 bits per heavy atom. The molecule has 0 aliphatic heterocycles. The van der Waals surface area contributed by atoms with Crippen LogP contribution >= 0.6 is 15.9 Å². The third kappa shape index (κ3) is 5.43. The van der Waals surface area contributed by atoms with Crippen molar-refractivity contribution in [2.75, 3.05) is 14.2 Å². The number of hydrogen-bond acceptors (Lipinski definition) is 6.